The SMILES string of the molecule is COCC(NC(=O)C1(NC(=O)OCC2c3ccccc3-c3ccccc32)CCCC(C)C1)C(=O)O. The van der Waals surface area contributed by atoms with Crippen LogP contribution in [0.25, 0.3) is 11.1 Å². The third-order valence-electron chi connectivity index (χ3n) is 7.05. The van der Waals surface area contributed by atoms with E-state index in [0.29, 0.717) is 12.8 Å². The molecule has 0 aromatic heterocycles. The fraction of sp³-hybridized carbons (Fsp3) is 0.444. The van der Waals surface area contributed by atoms with Crippen LogP contribution >= 0.6 is 0 Å². The molecule has 0 spiro atoms. The second kappa shape index (κ2) is 10.5. The van der Waals surface area contributed by atoms with Crippen molar-refractivity contribution in [3.63, 3.8) is 0 Å². The van der Waals surface area contributed by atoms with Crippen molar-refractivity contribution in [2.24, 2.45) is 5.92 Å². The van der Waals surface area contributed by atoms with Gasteiger partial charge in [0.2, 0.25) is 5.91 Å². The number of carbonyl (C=O) groups excluding carboxylic acids is 2. The van der Waals surface area contributed by atoms with Crippen molar-refractivity contribution >= 4 is 18.0 Å². The Bertz CT molecular complexity index is 1060. The number of carbonyl (C=O) groups is 3. The molecular formula is C27H32N2O6. The highest BCUT2D eigenvalue weighted by atomic mass is 16.5. The van der Waals surface area contributed by atoms with Gasteiger partial charge in [-0.15, -0.1) is 0 Å². The van der Waals surface area contributed by atoms with Gasteiger partial charge in [0.1, 0.15) is 12.1 Å². The van der Waals surface area contributed by atoms with Crippen molar-refractivity contribution in [3.8, 4) is 11.1 Å². The van der Waals surface area contributed by atoms with Crippen LogP contribution < -0.4 is 10.6 Å². The number of rotatable bonds is 8. The van der Waals surface area contributed by atoms with E-state index >= 15 is 0 Å². The topological polar surface area (TPSA) is 114 Å². The van der Waals surface area contributed by atoms with Gasteiger partial charge in [-0.2, -0.15) is 0 Å². The highest BCUT2D eigenvalue weighted by Gasteiger charge is 2.45. The molecule has 186 valence electrons. The van der Waals surface area contributed by atoms with Gasteiger partial charge in [-0.1, -0.05) is 68.3 Å². The number of hydrogen-bond acceptors (Lipinski definition) is 5. The van der Waals surface area contributed by atoms with Crippen LogP contribution in [0.15, 0.2) is 48.5 Å². The quantitative estimate of drug-likeness (QED) is 0.531. The highest BCUT2D eigenvalue weighted by Crippen LogP contribution is 2.44. The summed E-state index contributed by atoms with van der Waals surface area (Å²) in [6.45, 7) is 1.98. The molecule has 4 rings (SSSR count). The van der Waals surface area contributed by atoms with Gasteiger partial charge in [-0.05, 0) is 41.0 Å². The van der Waals surface area contributed by atoms with Gasteiger partial charge in [0.15, 0.2) is 6.04 Å². The number of ether oxygens (including phenoxy) is 2. The van der Waals surface area contributed by atoms with E-state index in [9.17, 15) is 19.5 Å². The third kappa shape index (κ3) is 5.17. The molecule has 35 heavy (non-hydrogen) atoms. The fourth-order valence-corrected chi connectivity index (χ4v) is 5.40. The van der Waals surface area contributed by atoms with Gasteiger partial charge in [0, 0.05) is 13.0 Å². The van der Waals surface area contributed by atoms with Crippen LogP contribution in [0.4, 0.5) is 4.79 Å². The van der Waals surface area contributed by atoms with Crippen molar-refractivity contribution in [2.45, 2.75) is 50.1 Å². The Morgan fingerprint density at radius 1 is 1.09 bits per heavy atom. The molecule has 0 bridgehead atoms. The maximum atomic E-state index is 13.3. The van der Waals surface area contributed by atoms with Crippen LogP contribution in [0.3, 0.4) is 0 Å². The predicted octanol–water partition coefficient (Wildman–Crippen LogP) is 3.69. The van der Waals surface area contributed by atoms with Gasteiger partial charge in [0.05, 0.1) is 6.61 Å². The predicted molar refractivity (Wildman–Crippen MR) is 130 cm³/mol. The van der Waals surface area contributed by atoms with Gasteiger partial charge in [-0.25, -0.2) is 9.59 Å². The fourth-order valence-electron chi connectivity index (χ4n) is 5.40. The Hall–Kier alpha value is -3.39. The number of carboxylic acids is 1. The van der Waals surface area contributed by atoms with Gasteiger partial charge >= 0.3 is 12.1 Å². The summed E-state index contributed by atoms with van der Waals surface area (Å²) in [6, 6.07) is 14.9. The number of aliphatic carboxylic acids is 1. The zero-order valence-electron chi connectivity index (χ0n) is 20.1. The summed E-state index contributed by atoms with van der Waals surface area (Å²) in [5.74, 6) is -1.63. The molecule has 0 heterocycles. The van der Waals surface area contributed by atoms with Crippen LogP contribution in [0.2, 0.25) is 0 Å². The molecule has 0 radical (unpaired) electrons. The lowest BCUT2D eigenvalue weighted by molar-refractivity contribution is -0.144. The molecule has 2 amide bonds. The van der Waals surface area contributed by atoms with Crippen LogP contribution in [0, 0.1) is 5.92 Å². The normalized spacial score (nSPS) is 21.9. The van der Waals surface area contributed by atoms with Gasteiger partial charge in [0.25, 0.3) is 0 Å². The Morgan fingerprint density at radius 3 is 2.29 bits per heavy atom. The summed E-state index contributed by atoms with van der Waals surface area (Å²) < 4.78 is 10.6. The lowest BCUT2D eigenvalue weighted by Crippen LogP contribution is -2.63. The third-order valence-corrected chi connectivity index (χ3v) is 7.05. The standard InChI is InChI=1S/C27H32N2O6/c1-17-8-7-13-27(14-17,25(32)28-23(16-34-2)24(30)31)29-26(33)35-15-22-20-11-5-3-9-18(20)19-10-4-6-12-21(19)22/h3-6,9-12,17,22-23H,7-8,13-16H2,1-2H3,(H,28,32)(H,29,33)(H,30,31). The molecule has 3 N–H and O–H groups in total. The number of benzene rings is 2. The second-order valence-electron chi connectivity index (χ2n) is 9.55. The molecule has 0 aliphatic heterocycles. The summed E-state index contributed by atoms with van der Waals surface area (Å²) in [5, 5.41) is 14.8. The molecule has 8 heteroatoms. The minimum atomic E-state index is -1.23. The summed E-state index contributed by atoms with van der Waals surface area (Å²) in [7, 11) is 1.37. The van der Waals surface area contributed by atoms with E-state index in [2.05, 4.69) is 22.8 Å². The molecule has 2 aromatic rings. The van der Waals surface area contributed by atoms with E-state index in [0.717, 1.165) is 35.1 Å². The van der Waals surface area contributed by atoms with Crippen molar-refractivity contribution in [1.29, 1.82) is 0 Å². The largest absolute Gasteiger partial charge is 0.480 e. The first-order valence-corrected chi connectivity index (χ1v) is 12.0. The lowest BCUT2D eigenvalue weighted by atomic mass is 9.75. The van der Waals surface area contributed by atoms with E-state index in [1.165, 1.54) is 7.11 Å². The molecule has 1 fully saturated rings. The molecule has 3 unspecified atom stereocenters. The molecule has 2 aromatic carbocycles. The molecular weight excluding hydrogens is 448 g/mol. The van der Waals surface area contributed by atoms with Crippen molar-refractivity contribution in [1.82, 2.24) is 10.6 Å². The van der Waals surface area contributed by atoms with E-state index in [1.807, 2.05) is 43.3 Å². The van der Waals surface area contributed by atoms with E-state index < -0.39 is 29.6 Å². The number of nitrogens with one attached hydrogen (secondary N) is 2. The van der Waals surface area contributed by atoms with Crippen molar-refractivity contribution < 1.29 is 29.0 Å². The molecule has 8 nitrogen and oxygen atoms in total. The maximum Gasteiger partial charge on any atom is 0.408 e. The summed E-state index contributed by atoms with van der Waals surface area (Å²) in [4.78, 5) is 37.8. The zero-order valence-corrected chi connectivity index (χ0v) is 20.1. The number of fused-ring (bicyclic) bond motifs is 3. The van der Waals surface area contributed by atoms with Gasteiger partial charge in [-0.3, -0.25) is 4.79 Å². The van der Waals surface area contributed by atoms with E-state index in [-0.39, 0.29) is 25.0 Å². The lowest BCUT2D eigenvalue weighted by Gasteiger charge is -2.39. The molecule has 3 atom stereocenters. The van der Waals surface area contributed by atoms with Gasteiger partial charge < -0.3 is 25.2 Å². The molecule has 2 aliphatic rings. The Balaban J connectivity index is 1.48. The van der Waals surface area contributed by atoms with Crippen molar-refractivity contribution in [2.75, 3.05) is 20.3 Å². The number of alkyl carbamates (subject to hydrolysis) is 1. The summed E-state index contributed by atoms with van der Waals surface area (Å²) >= 11 is 0. The van der Waals surface area contributed by atoms with Crippen LogP contribution in [0.5, 0.6) is 0 Å². The average Bonchev–Trinajstić information content (AvgIpc) is 3.16. The number of amides is 2. The van der Waals surface area contributed by atoms with Crippen molar-refractivity contribution in [3.05, 3.63) is 59.7 Å². The highest BCUT2D eigenvalue weighted by molar-refractivity contribution is 5.93. The number of methoxy groups -OCH3 is 1. The van der Waals surface area contributed by atoms with Crippen LogP contribution in [-0.2, 0) is 19.1 Å². The van der Waals surface area contributed by atoms with E-state index in [1.54, 1.807) is 0 Å². The number of carboxylic acid groups (broad SMARTS) is 1. The van der Waals surface area contributed by atoms with Crippen LogP contribution in [-0.4, -0.2) is 55.0 Å². The maximum absolute atomic E-state index is 13.3. The first-order chi connectivity index (χ1) is 16.8. The minimum Gasteiger partial charge on any atom is -0.480 e. The van der Waals surface area contributed by atoms with E-state index in [4.69, 9.17) is 9.47 Å². The Morgan fingerprint density at radius 2 is 1.71 bits per heavy atom. The molecule has 0 saturated heterocycles. The first-order valence-electron chi connectivity index (χ1n) is 12.0. The smallest absolute Gasteiger partial charge is 0.408 e. The second-order valence-corrected chi connectivity index (χ2v) is 9.55. The number of hydrogen-bond donors (Lipinski definition) is 3. The minimum absolute atomic E-state index is 0.0960. The Labute approximate surface area is 205 Å². The first kappa shape index (κ1) is 24.7. The molecule has 1 saturated carbocycles. The zero-order chi connectivity index (χ0) is 25.0. The monoisotopic (exact) mass is 480 g/mol. The summed E-state index contributed by atoms with van der Waals surface area (Å²) in [6.07, 6.45) is 1.80. The molecule has 2 aliphatic carbocycles. The average molecular weight is 481 g/mol. The van der Waals surface area contributed by atoms with Crippen LogP contribution in [0.1, 0.15) is 49.7 Å². The summed E-state index contributed by atoms with van der Waals surface area (Å²) in [5.41, 5.74) is 3.23. The Kier molecular flexibility index (Phi) is 7.40.